The Labute approximate surface area is 403 Å². The second-order valence-electron chi connectivity index (χ2n) is 23.5. The summed E-state index contributed by atoms with van der Waals surface area (Å²) in [5.74, 6) is 3.45. The van der Waals surface area contributed by atoms with Crippen LogP contribution in [0.25, 0.3) is 60.9 Å². The molecule has 2 aliphatic rings. The molecule has 1 aromatic heterocycles. The van der Waals surface area contributed by atoms with Crippen molar-refractivity contribution >= 4 is 44.9 Å². The number of para-hydroxylation sites is 2. The highest BCUT2D eigenvalue weighted by Gasteiger charge is 2.42. The summed E-state index contributed by atoms with van der Waals surface area (Å²) in [5, 5.41) is 2.39. The van der Waals surface area contributed by atoms with E-state index < -0.39 is 0 Å². The molecule has 0 saturated carbocycles. The average Bonchev–Trinajstić information content (AvgIpc) is 3.64. The Hall–Kier alpha value is -6.78. The smallest absolute Gasteiger partial charge is 0.260 e. The van der Waals surface area contributed by atoms with Crippen molar-refractivity contribution in [1.29, 1.82) is 0 Å². The molecule has 3 nitrogen and oxygen atoms in total. The zero-order valence-electron chi connectivity index (χ0n) is 41.9. The third kappa shape index (κ3) is 7.44. The van der Waals surface area contributed by atoms with Crippen LogP contribution < -0.4 is 25.9 Å². The van der Waals surface area contributed by atoms with E-state index in [1.54, 1.807) is 0 Å². The molecule has 8 aromatic carbocycles. The van der Waals surface area contributed by atoms with Gasteiger partial charge in [0, 0.05) is 33.9 Å². The van der Waals surface area contributed by atoms with Crippen molar-refractivity contribution in [2.24, 2.45) is 0 Å². The minimum atomic E-state index is -0.0454. The molecule has 0 aliphatic carbocycles. The Bertz CT molecular complexity index is 3310. The summed E-state index contributed by atoms with van der Waals surface area (Å²) in [4.78, 5) is 0. The van der Waals surface area contributed by atoms with Gasteiger partial charge in [0.05, 0.1) is 16.7 Å². The van der Waals surface area contributed by atoms with Gasteiger partial charge < -0.3 is 14.0 Å². The van der Waals surface area contributed by atoms with Crippen molar-refractivity contribution < 1.29 is 9.47 Å². The van der Waals surface area contributed by atoms with Crippen LogP contribution >= 0.6 is 0 Å². The van der Waals surface area contributed by atoms with Crippen molar-refractivity contribution in [2.75, 3.05) is 0 Å². The second kappa shape index (κ2) is 15.4. The molecule has 0 saturated heterocycles. The van der Waals surface area contributed by atoms with E-state index in [1.807, 2.05) is 0 Å². The van der Waals surface area contributed by atoms with Crippen molar-refractivity contribution in [3.05, 3.63) is 180 Å². The van der Waals surface area contributed by atoms with Crippen molar-refractivity contribution in [3.8, 4) is 62.1 Å². The molecule has 4 heteroatoms. The lowest BCUT2D eigenvalue weighted by Gasteiger charge is -2.35. The Morgan fingerprint density at radius 2 is 0.809 bits per heavy atom. The summed E-state index contributed by atoms with van der Waals surface area (Å²) in [7, 11) is 0. The van der Waals surface area contributed by atoms with Crippen LogP contribution in [-0.4, -0.2) is 11.3 Å². The molecule has 11 rings (SSSR count). The fraction of sp³-hybridized carbons (Fsp3) is 0.250. The predicted molar refractivity (Wildman–Crippen MR) is 290 cm³/mol. The maximum Gasteiger partial charge on any atom is 0.260 e. The van der Waals surface area contributed by atoms with Crippen LogP contribution in [0.3, 0.4) is 0 Å². The monoisotopic (exact) mass is 887 g/mol. The van der Waals surface area contributed by atoms with Crippen molar-refractivity contribution in [1.82, 2.24) is 4.57 Å². The molecule has 0 N–H and O–H groups in total. The van der Waals surface area contributed by atoms with Gasteiger partial charge in [0.1, 0.15) is 23.0 Å². The molecule has 9 aromatic rings. The van der Waals surface area contributed by atoms with Gasteiger partial charge in [-0.15, -0.1) is 0 Å². The molecule has 338 valence electrons. The lowest BCUT2D eigenvalue weighted by atomic mass is 9.34. The lowest BCUT2D eigenvalue weighted by molar-refractivity contribution is 0.463. The molecule has 0 unspecified atom stereocenters. The minimum Gasteiger partial charge on any atom is -0.458 e. The van der Waals surface area contributed by atoms with Crippen LogP contribution in [0, 0.1) is 0 Å². The number of hydrogen-bond donors (Lipinski definition) is 0. The summed E-state index contributed by atoms with van der Waals surface area (Å²) < 4.78 is 16.6. The van der Waals surface area contributed by atoms with Crippen LogP contribution in [0.4, 0.5) is 0 Å². The van der Waals surface area contributed by atoms with E-state index in [0.717, 1.165) is 56.3 Å². The standard InChI is InChI=1S/C64H62BNO2/c1-61(2,3)44-24-20-39(21-25-44)41-32-42(40-22-26-45(27-23-40)62(4,5)6)34-43(33-41)49-17-15-18-51-50-16-13-14-19-54(50)66(60(49)51)48-37-57-59-58(38-48)68-56-31-29-47(64(10,11)12)36-53(56)65(59)52-35-46(63(7,8)9)28-30-55(52)67-57/h13-38H,1-12H3. The molecule has 0 atom stereocenters. The number of aromatic nitrogens is 1. The SMILES string of the molecule is CC(C)(C)c1ccc(-c2cc(-c3ccc(C(C)(C)C)cc3)cc(-c3cccc4c5ccccc5n(-c5cc6c7c(c5)Oc5ccc(C(C)(C)C)cc5B7c5cc(C(C)(C)C)ccc5O6)c34)c2)cc1. The number of rotatable bonds is 4. The van der Waals surface area contributed by atoms with Crippen LogP contribution in [-0.2, 0) is 21.7 Å². The highest BCUT2D eigenvalue weighted by Crippen LogP contribution is 2.44. The van der Waals surface area contributed by atoms with E-state index in [4.69, 9.17) is 9.47 Å². The maximum atomic E-state index is 7.08. The molecule has 0 spiro atoms. The first-order valence-electron chi connectivity index (χ1n) is 24.4. The van der Waals surface area contributed by atoms with Gasteiger partial charge in [0.25, 0.3) is 6.71 Å². The molecule has 0 radical (unpaired) electrons. The van der Waals surface area contributed by atoms with Gasteiger partial charge in [-0.1, -0.05) is 192 Å². The van der Waals surface area contributed by atoms with Gasteiger partial charge in [-0.2, -0.15) is 0 Å². The molecule has 0 fully saturated rings. The first-order valence-corrected chi connectivity index (χ1v) is 24.4. The van der Waals surface area contributed by atoms with Crippen molar-refractivity contribution in [2.45, 2.75) is 105 Å². The van der Waals surface area contributed by atoms with E-state index in [9.17, 15) is 0 Å². The highest BCUT2D eigenvalue weighted by atomic mass is 16.5. The quantitative estimate of drug-likeness (QED) is 0.164. The zero-order valence-corrected chi connectivity index (χ0v) is 41.9. The molecule has 0 amide bonds. The zero-order chi connectivity index (χ0) is 47.7. The van der Waals surface area contributed by atoms with Crippen molar-refractivity contribution in [3.63, 3.8) is 0 Å². The third-order valence-corrected chi connectivity index (χ3v) is 14.6. The Kier molecular flexibility index (Phi) is 9.90. The molecule has 3 heterocycles. The number of fused-ring (bicyclic) bond motifs is 7. The summed E-state index contributed by atoms with van der Waals surface area (Å²) >= 11 is 0. The maximum absolute atomic E-state index is 7.08. The summed E-state index contributed by atoms with van der Waals surface area (Å²) in [6, 6.07) is 59.2. The van der Waals surface area contributed by atoms with Gasteiger partial charge in [-0.25, -0.2) is 0 Å². The van der Waals surface area contributed by atoms with E-state index in [2.05, 4.69) is 245 Å². The number of hydrogen-bond acceptors (Lipinski definition) is 2. The van der Waals surface area contributed by atoms with E-state index in [-0.39, 0.29) is 28.4 Å². The minimum absolute atomic E-state index is 0.0223. The lowest BCUT2D eigenvalue weighted by Crippen LogP contribution is -2.57. The van der Waals surface area contributed by atoms with E-state index >= 15 is 0 Å². The third-order valence-electron chi connectivity index (χ3n) is 14.6. The van der Waals surface area contributed by atoms with E-state index in [1.165, 1.54) is 66.2 Å². The van der Waals surface area contributed by atoms with E-state index in [0.29, 0.717) is 0 Å². The first-order chi connectivity index (χ1) is 32.2. The number of ether oxygens (including phenoxy) is 2. The van der Waals surface area contributed by atoms with Crippen LogP contribution in [0.1, 0.15) is 105 Å². The number of nitrogens with zero attached hydrogens (tertiary/aromatic N) is 1. The van der Waals surface area contributed by atoms with Gasteiger partial charge in [0.2, 0.25) is 0 Å². The molecule has 0 bridgehead atoms. The molecule has 68 heavy (non-hydrogen) atoms. The van der Waals surface area contributed by atoms with Crippen LogP contribution in [0.2, 0.25) is 0 Å². The Balaban J connectivity index is 1.14. The summed E-state index contributed by atoms with van der Waals surface area (Å²) in [6.07, 6.45) is 0. The Morgan fingerprint density at radius 3 is 1.29 bits per heavy atom. The second-order valence-corrected chi connectivity index (χ2v) is 23.5. The normalized spacial score (nSPS) is 13.5. The molecular formula is C64H62BNO2. The molecule has 2 aliphatic heterocycles. The number of benzene rings is 8. The fourth-order valence-electron chi connectivity index (χ4n) is 10.5. The largest absolute Gasteiger partial charge is 0.458 e. The molecular weight excluding hydrogens is 826 g/mol. The van der Waals surface area contributed by atoms with Gasteiger partial charge >= 0.3 is 0 Å². The van der Waals surface area contributed by atoms with Gasteiger partial charge in [-0.05, 0) is 119 Å². The predicted octanol–water partition coefficient (Wildman–Crippen LogP) is 15.7. The summed E-state index contributed by atoms with van der Waals surface area (Å²) in [5.41, 5.74) is 19.1. The van der Waals surface area contributed by atoms with Crippen LogP contribution in [0.5, 0.6) is 23.0 Å². The highest BCUT2D eigenvalue weighted by molar-refractivity contribution is 6.98. The fourth-order valence-corrected chi connectivity index (χ4v) is 10.5. The topological polar surface area (TPSA) is 23.4 Å². The average molecular weight is 888 g/mol. The van der Waals surface area contributed by atoms with Gasteiger partial charge in [0.15, 0.2) is 0 Å². The summed E-state index contributed by atoms with van der Waals surface area (Å²) in [6.45, 7) is 27.3. The van der Waals surface area contributed by atoms with Crippen LogP contribution in [0.15, 0.2) is 158 Å². The first kappa shape index (κ1) is 43.8. The van der Waals surface area contributed by atoms with Gasteiger partial charge in [-0.3, -0.25) is 0 Å². The Morgan fingerprint density at radius 1 is 0.368 bits per heavy atom.